The summed E-state index contributed by atoms with van der Waals surface area (Å²) in [6, 6.07) is 7.06. The molecule has 1 aromatic rings. The molecule has 100 valence electrons. The van der Waals surface area contributed by atoms with Crippen molar-refractivity contribution in [2.24, 2.45) is 5.41 Å². The minimum Gasteiger partial charge on any atom is -0.492 e. The lowest BCUT2D eigenvalue weighted by Gasteiger charge is -2.19. The van der Waals surface area contributed by atoms with Crippen LogP contribution in [0.4, 0.5) is 0 Å². The summed E-state index contributed by atoms with van der Waals surface area (Å²) in [6.45, 7) is 5.25. The van der Waals surface area contributed by atoms with Crippen molar-refractivity contribution in [3.63, 3.8) is 0 Å². The second-order valence-electron chi connectivity index (χ2n) is 4.97. The Labute approximate surface area is 107 Å². The number of rotatable bonds is 6. The van der Waals surface area contributed by atoms with Crippen LogP contribution in [0.5, 0.6) is 5.75 Å². The lowest BCUT2D eigenvalue weighted by Crippen LogP contribution is -2.30. The predicted molar refractivity (Wildman–Crippen MR) is 68.6 cm³/mol. The fourth-order valence-electron chi connectivity index (χ4n) is 1.35. The lowest BCUT2D eigenvalue weighted by molar-refractivity contribution is -0.148. The van der Waals surface area contributed by atoms with E-state index in [1.54, 1.807) is 38.1 Å². The van der Waals surface area contributed by atoms with Crippen LogP contribution in [0, 0.1) is 5.41 Å². The van der Waals surface area contributed by atoms with Gasteiger partial charge in [0.25, 0.3) is 0 Å². The summed E-state index contributed by atoms with van der Waals surface area (Å²) < 4.78 is 5.44. The zero-order chi connectivity index (χ0) is 13.8. The predicted octanol–water partition coefficient (Wildman–Crippen LogP) is 2.62. The molecule has 0 aromatic heterocycles. The topological polar surface area (TPSA) is 66.8 Å². The van der Waals surface area contributed by atoms with E-state index in [4.69, 9.17) is 9.84 Å². The van der Waals surface area contributed by atoms with Crippen LogP contribution in [0.3, 0.4) is 0 Å². The highest BCUT2D eigenvalue weighted by Crippen LogP contribution is 2.22. The maximum Gasteiger partial charge on any atom is 0.312 e. The van der Waals surface area contributed by atoms with Crippen molar-refractivity contribution in [3.8, 4) is 5.75 Å². The van der Waals surface area contributed by atoms with E-state index >= 15 is 0 Å². The van der Waals surface area contributed by atoms with Gasteiger partial charge in [-0.05, 0) is 38.0 Å². The average molecular weight is 252 g/mol. The van der Waals surface area contributed by atoms with Gasteiger partial charge in [0.1, 0.15) is 12.4 Å². The molecule has 2 N–H and O–H groups in total. The van der Waals surface area contributed by atoms with Crippen LogP contribution in [-0.4, -0.2) is 22.8 Å². The van der Waals surface area contributed by atoms with Crippen LogP contribution < -0.4 is 4.74 Å². The molecule has 1 unspecified atom stereocenters. The van der Waals surface area contributed by atoms with Gasteiger partial charge < -0.3 is 14.9 Å². The first-order valence-corrected chi connectivity index (χ1v) is 6.01. The van der Waals surface area contributed by atoms with Crippen LogP contribution in [0.2, 0.25) is 0 Å². The van der Waals surface area contributed by atoms with Crippen molar-refractivity contribution in [3.05, 3.63) is 29.8 Å². The number of ether oxygens (including phenoxy) is 1. The Balaban J connectivity index is 2.62. The Morgan fingerprint density at radius 1 is 1.33 bits per heavy atom. The zero-order valence-corrected chi connectivity index (χ0v) is 11.0. The third-order valence-corrected chi connectivity index (χ3v) is 2.83. The normalized spacial score (nSPS) is 13.1. The minimum absolute atomic E-state index is 0.109. The molecule has 0 saturated carbocycles. The SMILES string of the molecule is CCC(O)c1ccc(OCC(C)(C)C(=O)O)cc1. The molecule has 0 bridgehead atoms. The van der Waals surface area contributed by atoms with E-state index in [2.05, 4.69) is 0 Å². The number of hydrogen-bond acceptors (Lipinski definition) is 3. The van der Waals surface area contributed by atoms with E-state index in [0.717, 1.165) is 5.56 Å². The Morgan fingerprint density at radius 2 is 1.89 bits per heavy atom. The van der Waals surface area contributed by atoms with Gasteiger partial charge in [-0.2, -0.15) is 0 Å². The molecule has 0 radical (unpaired) electrons. The molecule has 4 heteroatoms. The molecule has 0 amide bonds. The third kappa shape index (κ3) is 3.74. The summed E-state index contributed by atoms with van der Waals surface area (Å²) in [7, 11) is 0. The van der Waals surface area contributed by atoms with Crippen LogP contribution in [0.15, 0.2) is 24.3 Å². The first-order valence-electron chi connectivity index (χ1n) is 6.01. The number of aliphatic carboxylic acids is 1. The molecule has 0 fully saturated rings. The first kappa shape index (κ1) is 14.5. The van der Waals surface area contributed by atoms with Crippen LogP contribution in [-0.2, 0) is 4.79 Å². The van der Waals surface area contributed by atoms with Gasteiger partial charge in [0.2, 0.25) is 0 Å². The fourth-order valence-corrected chi connectivity index (χ4v) is 1.35. The maximum absolute atomic E-state index is 10.9. The van der Waals surface area contributed by atoms with Crippen molar-refractivity contribution in [1.82, 2.24) is 0 Å². The first-order chi connectivity index (χ1) is 8.36. The molecule has 4 nitrogen and oxygen atoms in total. The highest BCUT2D eigenvalue weighted by Gasteiger charge is 2.28. The second kappa shape index (κ2) is 5.87. The molecule has 18 heavy (non-hydrogen) atoms. The number of carboxylic acid groups (broad SMARTS) is 1. The van der Waals surface area contributed by atoms with Crippen molar-refractivity contribution >= 4 is 5.97 Å². The average Bonchev–Trinajstić information content (AvgIpc) is 2.36. The maximum atomic E-state index is 10.9. The van der Waals surface area contributed by atoms with Gasteiger partial charge in [-0.15, -0.1) is 0 Å². The van der Waals surface area contributed by atoms with Crippen LogP contribution in [0.25, 0.3) is 0 Å². The van der Waals surface area contributed by atoms with Gasteiger partial charge in [-0.1, -0.05) is 19.1 Å². The van der Waals surface area contributed by atoms with Crippen LogP contribution in [0.1, 0.15) is 38.9 Å². The largest absolute Gasteiger partial charge is 0.492 e. The summed E-state index contributed by atoms with van der Waals surface area (Å²) >= 11 is 0. The smallest absolute Gasteiger partial charge is 0.312 e. The van der Waals surface area contributed by atoms with Gasteiger partial charge in [-0.25, -0.2) is 0 Å². The second-order valence-corrected chi connectivity index (χ2v) is 4.97. The molecule has 0 heterocycles. The van der Waals surface area contributed by atoms with Gasteiger partial charge >= 0.3 is 5.97 Å². The Hall–Kier alpha value is -1.55. The quantitative estimate of drug-likeness (QED) is 0.816. The Morgan fingerprint density at radius 3 is 2.33 bits per heavy atom. The highest BCUT2D eigenvalue weighted by molar-refractivity contribution is 5.73. The number of benzene rings is 1. The minimum atomic E-state index is -0.915. The number of hydrogen-bond donors (Lipinski definition) is 2. The van der Waals surface area contributed by atoms with Crippen LogP contribution >= 0.6 is 0 Å². The summed E-state index contributed by atoms with van der Waals surface area (Å²) in [6.07, 6.45) is 0.196. The van der Waals surface area contributed by atoms with Gasteiger partial charge in [0, 0.05) is 0 Å². The summed E-state index contributed by atoms with van der Waals surface area (Å²) in [5.41, 5.74) is -0.0796. The van der Waals surface area contributed by atoms with E-state index in [0.29, 0.717) is 12.2 Å². The van der Waals surface area contributed by atoms with Gasteiger partial charge in [0.05, 0.1) is 11.5 Å². The molecule has 1 atom stereocenters. The standard InChI is InChI=1S/C14H20O4/c1-4-12(15)10-5-7-11(8-6-10)18-9-14(2,3)13(16)17/h5-8,12,15H,4,9H2,1-3H3,(H,16,17). The number of aliphatic hydroxyl groups is 1. The molecular formula is C14H20O4. The van der Waals surface area contributed by atoms with Gasteiger partial charge in [0.15, 0.2) is 0 Å². The highest BCUT2D eigenvalue weighted by atomic mass is 16.5. The summed E-state index contributed by atoms with van der Waals surface area (Å²) in [5, 5.41) is 18.6. The third-order valence-electron chi connectivity index (χ3n) is 2.83. The van der Waals surface area contributed by atoms with Gasteiger partial charge in [-0.3, -0.25) is 4.79 Å². The van der Waals surface area contributed by atoms with Crippen molar-refractivity contribution in [1.29, 1.82) is 0 Å². The molecule has 0 saturated heterocycles. The summed E-state index contributed by atoms with van der Waals surface area (Å²) in [5.74, 6) is -0.281. The number of aliphatic hydroxyl groups excluding tert-OH is 1. The van der Waals surface area contributed by atoms with E-state index in [1.165, 1.54) is 0 Å². The van der Waals surface area contributed by atoms with Crippen molar-refractivity contribution in [2.45, 2.75) is 33.3 Å². The molecule has 0 aliphatic heterocycles. The molecule has 0 spiro atoms. The molecule has 1 aromatic carbocycles. The number of carbonyl (C=O) groups is 1. The lowest BCUT2D eigenvalue weighted by atomic mass is 9.95. The number of carboxylic acids is 1. The molecule has 0 aliphatic carbocycles. The molecular weight excluding hydrogens is 232 g/mol. The van der Waals surface area contributed by atoms with E-state index in [9.17, 15) is 9.90 Å². The monoisotopic (exact) mass is 252 g/mol. The van der Waals surface area contributed by atoms with E-state index < -0.39 is 17.5 Å². The summed E-state index contributed by atoms with van der Waals surface area (Å²) in [4.78, 5) is 10.9. The molecule has 0 aliphatic rings. The Kier molecular flexibility index (Phi) is 4.73. The van der Waals surface area contributed by atoms with E-state index in [-0.39, 0.29) is 6.61 Å². The van der Waals surface area contributed by atoms with E-state index in [1.807, 2.05) is 6.92 Å². The fraction of sp³-hybridized carbons (Fsp3) is 0.500. The zero-order valence-electron chi connectivity index (χ0n) is 11.0. The van der Waals surface area contributed by atoms with Crippen molar-refractivity contribution < 1.29 is 19.7 Å². The Bertz CT molecular complexity index is 395. The molecule has 1 rings (SSSR count). The van der Waals surface area contributed by atoms with Crippen molar-refractivity contribution in [2.75, 3.05) is 6.61 Å².